The Morgan fingerprint density at radius 2 is 1.82 bits per heavy atom. The lowest BCUT2D eigenvalue weighted by Gasteiger charge is -2.16. The second kappa shape index (κ2) is 7.79. The summed E-state index contributed by atoms with van der Waals surface area (Å²) in [5.74, 6) is 1.11. The summed E-state index contributed by atoms with van der Waals surface area (Å²) in [6.07, 6.45) is 3.32. The number of rotatable bonds is 6. The molecule has 4 rings (SSSR count). The highest BCUT2D eigenvalue weighted by atomic mass is 16.5. The third kappa shape index (κ3) is 3.78. The summed E-state index contributed by atoms with van der Waals surface area (Å²) in [6.45, 7) is 0. The molecule has 0 saturated heterocycles. The number of nitrogens with one attached hydrogen (secondary N) is 2. The van der Waals surface area contributed by atoms with E-state index in [0.29, 0.717) is 22.6 Å². The maximum absolute atomic E-state index is 12.3. The zero-order chi connectivity index (χ0) is 19.3. The van der Waals surface area contributed by atoms with E-state index in [1.807, 2.05) is 36.4 Å². The first-order valence-electron chi connectivity index (χ1n) is 8.74. The van der Waals surface area contributed by atoms with Crippen LogP contribution in [0, 0.1) is 0 Å². The number of ether oxygens (including phenoxy) is 1. The van der Waals surface area contributed by atoms with Gasteiger partial charge >= 0.3 is 0 Å². The fourth-order valence-electron chi connectivity index (χ4n) is 2.79. The Morgan fingerprint density at radius 3 is 2.57 bits per heavy atom. The summed E-state index contributed by atoms with van der Waals surface area (Å²) in [7, 11) is 1.59. The molecule has 0 aliphatic rings. The number of nitrogens with zero attached hydrogens (tertiary/aromatic N) is 2. The number of carbonyl (C=O) groups excluding carboxylic acids is 1. The third-order valence-corrected chi connectivity index (χ3v) is 4.15. The maximum Gasteiger partial charge on any atom is 0.296 e. The smallest absolute Gasteiger partial charge is 0.296 e. The van der Waals surface area contributed by atoms with E-state index in [0.717, 1.165) is 5.56 Å². The van der Waals surface area contributed by atoms with Gasteiger partial charge in [-0.25, -0.2) is 0 Å². The van der Waals surface area contributed by atoms with Gasteiger partial charge < -0.3 is 19.8 Å². The van der Waals surface area contributed by atoms with E-state index >= 15 is 0 Å². The fourth-order valence-corrected chi connectivity index (χ4v) is 2.79. The zero-order valence-corrected chi connectivity index (χ0v) is 15.1. The van der Waals surface area contributed by atoms with Gasteiger partial charge in [0.15, 0.2) is 5.58 Å². The molecule has 0 bridgehead atoms. The third-order valence-electron chi connectivity index (χ3n) is 4.15. The number of pyridine rings is 1. The molecule has 2 aromatic heterocycles. The van der Waals surface area contributed by atoms with Crippen molar-refractivity contribution in [3.63, 3.8) is 0 Å². The van der Waals surface area contributed by atoms with E-state index < -0.39 is 6.04 Å². The molecule has 140 valence electrons. The highest BCUT2D eigenvalue weighted by Gasteiger charge is 2.21. The standard InChI is InChI=1S/C21H18N4O3/c1-22-20(26)19(14-5-3-2-4-6-14)25-21-24-17-8-7-16(13-18(17)28-21)27-15-9-11-23-12-10-15/h2-13,19H,1H3,(H,22,26)(H,24,25)/t19-/m0/s1. The molecule has 0 radical (unpaired) electrons. The van der Waals surface area contributed by atoms with Gasteiger partial charge in [-0.1, -0.05) is 30.3 Å². The summed E-state index contributed by atoms with van der Waals surface area (Å²) in [5.41, 5.74) is 2.02. The first-order valence-corrected chi connectivity index (χ1v) is 8.74. The number of anilines is 1. The fraction of sp³-hybridized carbons (Fsp3) is 0.0952. The molecule has 7 heteroatoms. The van der Waals surface area contributed by atoms with Crippen LogP contribution < -0.4 is 15.4 Å². The molecule has 28 heavy (non-hydrogen) atoms. The highest BCUT2D eigenvalue weighted by molar-refractivity contribution is 5.85. The molecule has 0 aliphatic heterocycles. The summed E-state index contributed by atoms with van der Waals surface area (Å²) < 4.78 is 11.6. The monoisotopic (exact) mass is 374 g/mol. The van der Waals surface area contributed by atoms with E-state index in [4.69, 9.17) is 9.15 Å². The van der Waals surface area contributed by atoms with E-state index in [1.54, 1.807) is 43.7 Å². The van der Waals surface area contributed by atoms with Crippen LogP contribution in [0.5, 0.6) is 11.5 Å². The molecule has 1 atom stereocenters. The largest absolute Gasteiger partial charge is 0.457 e. The lowest BCUT2D eigenvalue weighted by atomic mass is 10.1. The van der Waals surface area contributed by atoms with Gasteiger partial charge in [0.25, 0.3) is 6.01 Å². The summed E-state index contributed by atoms with van der Waals surface area (Å²) >= 11 is 0. The average Bonchev–Trinajstić information content (AvgIpc) is 3.15. The molecular weight excluding hydrogens is 356 g/mol. The summed E-state index contributed by atoms with van der Waals surface area (Å²) in [5, 5.41) is 5.72. The van der Waals surface area contributed by atoms with Crippen LogP contribution >= 0.6 is 0 Å². The highest BCUT2D eigenvalue weighted by Crippen LogP contribution is 2.28. The quantitative estimate of drug-likeness (QED) is 0.532. The number of benzene rings is 2. The second-order valence-corrected chi connectivity index (χ2v) is 6.04. The van der Waals surface area contributed by atoms with E-state index in [9.17, 15) is 4.79 Å². The molecule has 2 N–H and O–H groups in total. The Labute approximate surface area is 161 Å². The van der Waals surface area contributed by atoms with Gasteiger partial charge in [0.2, 0.25) is 5.91 Å². The molecule has 2 aromatic carbocycles. The molecule has 0 saturated carbocycles. The number of hydrogen-bond acceptors (Lipinski definition) is 6. The molecule has 0 spiro atoms. The Balaban J connectivity index is 1.59. The predicted octanol–water partition coefficient (Wildman–Crippen LogP) is 3.91. The number of carbonyl (C=O) groups is 1. The van der Waals surface area contributed by atoms with E-state index in [-0.39, 0.29) is 11.9 Å². The van der Waals surface area contributed by atoms with Crippen molar-refractivity contribution >= 4 is 23.0 Å². The molecule has 2 heterocycles. The SMILES string of the molecule is CNC(=O)[C@@H](Nc1nc2ccc(Oc3ccncc3)cc2o1)c1ccccc1. The molecule has 0 fully saturated rings. The van der Waals surface area contributed by atoms with Gasteiger partial charge in [-0.05, 0) is 29.8 Å². The van der Waals surface area contributed by atoms with Gasteiger partial charge in [0.1, 0.15) is 23.1 Å². The van der Waals surface area contributed by atoms with Crippen LogP contribution in [0.1, 0.15) is 11.6 Å². The number of amides is 1. The predicted molar refractivity (Wildman–Crippen MR) is 105 cm³/mol. The van der Waals surface area contributed by atoms with Crippen LogP contribution in [0.2, 0.25) is 0 Å². The topological polar surface area (TPSA) is 89.3 Å². The number of hydrogen-bond donors (Lipinski definition) is 2. The van der Waals surface area contributed by atoms with Crippen LogP contribution in [0.25, 0.3) is 11.1 Å². The Kier molecular flexibility index (Phi) is 4.88. The zero-order valence-electron chi connectivity index (χ0n) is 15.1. The van der Waals surface area contributed by atoms with E-state index in [2.05, 4.69) is 20.6 Å². The van der Waals surface area contributed by atoms with Crippen molar-refractivity contribution in [2.45, 2.75) is 6.04 Å². The van der Waals surface area contributed by atoms with Crippen LogP contribution in [0.3, 0.4) is 0 Å². The van der Waals surface area contributed by atoms with Crippen molar-refractivity contribution in [3.8, 4) is 11.5 Å². The summed E-state index contributed by atoms with van der Waals surface area (Å²) in [4.78, 5) is 20.7. The summed E-state index contributed by atoms with van der Waals surface area (Å²) in [6, 6.07) is 17.9. The van der Waals surface area contributed by atoms with Gasteiger partial charge in [-0.3, -0.25) is 9.78 Å². The minimum Gasteiger partial charge on any atom is -0.457 e. The molecule has 0 aliphatic carbocycles. The van der Waals surface area contributed by atoms with Crippen LogP contribution in [0.4, 0.5) is 6.01 Å². The van der Waals surface area contributed by atoms with Crippen molar-refractivity contribution in [2.24, 2.45) is 0 Å². The molecule has 1 amide bonds. The van der Waals surface area contributed by atoms with Crippen molar-refractivity contribution in [3.05, 3.63) is 78.6 Å². The van der Waals surface area contributed by atoms with Gasteiger partial charge in [0, 0.05) is 25.5 Å². The van der Waals surface area contributed by atoms with Crippen molar-refractivity contribution < 1.29 is 13.9 Å². The van der Waals surface area contributed by atoms with Crippen LogP contribution in [0.15, 0.2) is 77.5 Å². The number of oxazole rings is 1. The first kappa shape index (κ1) is 17.5. The average molecular weight is 374 g/mol. The van der Waals surface area contributed by atoms with Crippen molar-refractivity contribution in [1.82, 2.24) is 15.3 Å². The molecule has 4 aromatic rings. The normalized spacial score (nSPS) is 11.8. The molecular formula is C21H18N4O3. The first-order chi connectivity index (χ1) is 13.7. The number of fused-ring (bicyclic) bond motifs is 1. The van der Waals surface area contributed by atoms with Crippen molar-refractivity contribution in [1.29, 1.82) is 0 Å². The second-order valence-electron chi connectivity index (χ2n) is 6.04. The van der Waals surface area contributed by atoms with E-state index in [1.165, 1.54) is 0 Å². The maximum atomic E-state index is 12.3. The number of likely N-dealkylation sites (N-methyl/N-ethyl adjacent to an activating group) is 1. The minimum absolute atomic E-state index is 0.185. The van der Waals surface area contributed by atoms with Crippen LogP contribution in [-0.4, -0.2) is 22.9 Å². The minimum atomic E-state index is -0.619. The van der Waals surface area contributed by atoms with Crippen LogP contribution in [-0.2, 0) is 4.79 Å². The van der Waals surface area contributed by atoms with Crippen molar-refractivity contribution in [2.75, 3.05) is 12.4 Å². The van der Waals surface area contributed by atoms with Gasteiger partial charge in [-0.15, -0.1) is 0 Å². The van der Waals surface area contributed by atoms with Gasteiger partial charge in [-0.2, -0.15) is 4.98 Å². The Hall–Kier alpha value is -3.87. The lowest BCUT2D eigenvalue weighted by Crippen LogP contribution is -2.30. The Morgan fingerprint density at radius 1 is 1.04 bits per heavy atom. The Bertz CT molecular complexity index is 1080. The lowest BCUT2D eigenvalue weighted by molar-refractivity contribution is -0.121. The molecule has 7 nitrogen and oxygen atoms in total. The molecule has 0 unspecified atom stereocenters. The number of aromatic nitrogens is 2. The van der Waals surface area contributed by atoms with Gasteiger partial charge in [0.05, 0.1) is 0 Å².